The van der Waals surface area contributed by atoms with Crippen LogP contribution in [0.1, 0.15) is 18.1 Å². The Balaban J connectivity index is 1.17. The lowest BCUT2D eigenvalue weighted by atomic mass is 9.90. The molecule has 186 valence electrons. The second-order valence-corrected chi connectivity index (χ2v) is 9.33. The standard InChI is InChI=1S/C28H26FN7O/c1-28(37,22-7-9-24(29)10-8-22)23-16-30-27(31-17-23)35-13-11-34(12-14-35)26-25-15-21(18-36(25)33-19-32-26)20-5-3-2-4-6-20/h2-10,15-19,37H,11-14H2,1H3/t28-/m0/s1. The van der Waals surface area contributed by atoms with Crippen LogP contribution in [0.4, 0.5) is 16.2 Å². The van der Waals surface area contributed by atoms with Gasteiger partial charge in [-0.3, -0.25) is 0 Å². The minimum atomic E-state index is -1.32. The molecule has 1 saturated heterocycles. The highest BCUT2D eigenvalue weighted by Crippen LogP contribution is 2.30. The Bertz CT molecular complexity index is 1510. The zero-order valence-corrected chi connectivity index (χ0v) is 20.4. The van der Waals surface area contributed by atoms with Crippen LogP contribution < -0.4 is 9.80 Å². The molecule has 6 rings (SSSR count). The number of piperazine rings is 1. The fraction of sp³-hybridized carbons (Fsp3) is 0.214. The van der Waals surface area contributed by atoms with Gasteiger partial charge < -0.3 is 14.9 Å². The van der Waals surface area contributed by atoms with Gasteiger partial charge in [0.25, 0.3) is 0 Å². The van der Waals surface area contributed by atoms with Crippen molar-refractivity contribution in [2.45, 2.75) is 12.5 Å². The molecule has 8 nitrogen and oxygen atoms in total. The summed E-state index contributed by atoms with van der Waals surface area (Å²) in [7, 11) is 0. The molecular formula is C28H26FN7O. The Morgan fingerprint density at radius 2 is 1.49 bits per heavy atom. The zero-order valence-electron chi connectivity index (χ0n) is 20.4. The summed E-state index contributed by atoms with van der Waals surface area (Å²) in [6.45, 7) is 4.64. The van der Waals surface area contributed by atoms with E-state index in [1.807, 2.05) is 28.9 Å². The van der Waals surface area contributed by atoms with E-state index in [9.17, 15) is 9.50 Å². The van der Waals surface area contributed by atoms with Crippen LogP contribution in [-0.4, -0.2) is 55.9 Å². The van der Waals surface area contributed by atoms with Gasteiger partial charge in [0.2, 0.25) is 5.95 Å². The smallest absolute Gasteiger partial charge is 0.225 e. The second kappa shape index (κ2) is 9.25. The minimum Gasteiger partial charge on any atom is -0.381 e. The van der Waals surface area contributed by atoms with Crippen LogP contribution in [0, 0.1) is 5.82 Å². The number of fused-ring (bicyclic) bond motifs is 1. The number of halogens is 1. The van der Waals surface area contributed by atoms with Gasteiger partial charge in [-0.1, -0.05) is 42.5 Å². The monoisotopic (exact) mass is 495 g/mol. The van der Waals surface area contributed by atoms with Gasteiger partial charge in [-0.15, -0.1) is 0 Å². The van der Waals surface area contributed by atoms with Crippen molar-refractivity contribution in [2.24, 2.45) is 0 Å². The Kier molecular flexibility index (Phi) is 5.77. The fourth-order valence-electron chi connectivity index (χ4n) is 4.74. The molecule has 1 atom stereocenters. The van der Waals surface area contributed by atoms with Gasteiger partial charge in [-0.05, 0) is 36.2 Å². The fourth-order valence-corrected chi connectivity index (χ4v) is 4.74. The molecule has 2 aromatic carbocycles. The summed E-state index contributed by atoms with van der Waals surface area (Å²) in [5, 5.41) is 15.4. The quantitative estimate of drug-likeness (QED) is 0.396. The average Bonchev–Trinajstić information content (AvgIpc) is 3.39. The van der Waals surface area contributed by atoms with E-state index >= 15 is 0 Å². The largest absolute Gasteiger partial charge is 0.381 e. The van der Waals surface area contributed by atoms with Gasteiger partial charge in [0.1, 0.15) is 23.3 Å². The molecule has 1 N–H and O–H groups in total. The van der Waals surface area contributed by atoms with Crippen molar-refractivity contribution in [1.82, 2.24) is 24.6 Å². The minimum absolute atomic E-state index is 0.346. The number of aromatic nitrogens is 5. The highest BCUT2D eigenvalue weighted by atomic mass is 19.1. The van der Waals surface area contributed by atoms with Crippen molar-refractivity contribution >= 4 is 17.3 Å². The first-order valence-corrected chi connectivity index (χ1v) is 12.2. The van der Waals surface area contributed by atoms with Crippen molar-refractivity contribution in [1.29, 1.82) is 0 Å². The van der Waals surface area contributed by atoms with Gasteiger partial charge in [0.05, 0.1) is 0 Å². The van der Waals surface area contributed by atoms with Crippen molar-refractivity contribution in [3.05, 3.63) is 103 Å². The van der Waals surface area contributed by atoms with E-state index in [2.05, 4.69) is 48.0 Å². The predicted molar refractivity (Wildman–Crippen MR) is 140 cm³/mol. The maximum atomic E-state index is 13.3. The first kappa shape index (κ1) is 23.1. The van der Waals surface area contributed by atoms with E-state index in [0.29, 0.717) is 17.1 Å². The average molecular weight is 496 g/mol. The van der Waals surface area contributed by atoms with Crippen molar-refractivity contribution in [2.75, 3.05) is 36.0 Å². The maximum Gasteiger partial charge on any atom is 0.225 e. The third kappa shape index (κ3) is 4.38. The lowest BCUT2D eigenvalue weighted by Crippen LogP contribution is -2.47. The van der Waals surface area contributed by atoms with E-state index < -0.39 is 5.60 Å². The Hall–Kier alpha value is -4.37. The van der Waals surface area contributed by atoms with Gasteiger partial charge in [-0.2, -0.15) is 5.10 Å². The van der Waals surface area contributed by atoms with Crippen LogP contribution >= 0.6 is 0 Å². The summed E-state index contributed by atoms with van der Waals surface area (Å²) in [5.41, 5.74) is 3.02. The molecule has 4 heterocycles. The number of hydrogen-bond donors (Lipinski definition) is 1. The first-order chi connectivity index (χ1) is 18.0. The first-order valence-electron chi connectivity index (χ1n) is 12.2. The molecular weight excluding hydrogens is 469 g/mol. The van der Waals surface area contributed by atoms with Crippen LogP contribution in [0.25, 0.3) is 16.6 Å². The summed E-state index contributed by atoms with van der Waals surface area (Å²) in [5.74, 6) is 1.17. The number of rotatable bonds is 5. The lowest BCUT2D eigenvalue weighted by Gasteiger charge is -2.35. The Labute approximate surface area is 213 Å². The third-order valence-corrected chi connectivity index (χ3v) is 6.96. The van der Waals surface area contributed by atoms with Crippen LogP contribution in [0.3, 0.4) is 0 Å². The van der Waals surface area contributed by atoms with E-state index in [1.165, 1.54) is 12.1 Å². The molecule has 1 aliphatic rings. The molecule has 0 saturated carbocycles. The number of aliphatic hydroxyl groups is 1. The molecule has 0 amide bonds. The molecule has 37 heavy (non-hydrogen) atoms. The number of benzene rings is 2. The van der Waals surface area contributed by atoms with Crippen molar-refractivity contribution in [3.8, 4) is 11.1 Å². The summed E-state index contributed by atoms with van der Waals surface area (Å²) in [6, 6.07) is 18.2. The lowest BCUT2D eigenvalue weighted by molar-refractivity contribution is 0.101. The predicted octanol–water partition coefficient (Wildman–Crippen LogP) is 3.91. The molecule has 0 aliphatic carbocycles. The van der Waals surface area contributed by atoms with Crippen LogP contribution in [0.2, 0.25) is 0 Å². The Morgan fingerprint density at radius 3 is 2.19 bits per heavy atom. The van der Waals surface area contributed by atoms with Gasteiger partial charge >= 0.3 is 0 Å². The van der Waals surface area contributed by atoms with Crippen LogP contribution in [-0.2, 0) is 5.60 Å². The number of hydrogen-bond acceptors (Lipinski definition) is 7. The van der Waals surface area contributed by atoms with E-state index in [0.717, 1.165) is 48.6 Å². The van der Waals surface area contributed by atoms with E-state index in [-0.39, 0.29) is 5.82 Å². The second-order valence-electron chi connectivity index (χ2n) is 9.33. The molecule has 1 aliphatic heterocycles. The van der Waals surface area contributed by atoms with E-state index in [1.54, 1.807) is 37.8 Å². The number of nitrogens with zero attached hydrogens (tertiary/aromatic N) is 7. The molecule has 0 radical (unpaired) electrons. The maximum absolute atomic E-state index is 13.3. The molecule has 1 fully saturated rings. The summed E-state index contributed by atoms with van der Waals surface area (Å²) < 4.78 is 15.2. The van der Waals surface area contributed by atoms with E-state index in [4.69, 9.17) is 0 Å². The number of anilines is 2. The SMILES string of the molecule is C[C@](O)(c1ccc(F)cc1)c1cnc(N2CCN(c3ncnn4cc(-c5ccccc5)cc34)CC2)nc1. The van der Waals surface area contributed by atoms with Gasteiger partial charge in [0.15, 0.2) is 5.82 Å². The van der Waals surface area contributed by atoms with Gasteiger partial charge in [0, 0.05) is 55.9 Å². The van der Waals surface area contributed by atoms with Crippen LogP contribution in [0.15, 0.2) is 85.6 Å². The molecule has 0 unspecified atom stereocenters. The van der Waals surface area contributed by atoms with Crippen molar-refractivity contribution in [3.63, 3.8) is 0 Å². The normalized spacial score (nSPS) is 15.6. The molecule has 0 bridgehead atoms. The highest BCUT2D eigenvalue weighted by Gasteiger charge is 2.28. The third-order valence-electron chi connectivity index (χ3n) is 6.96. The zero-order chi connectivity index (χ0) is 25.4. The molecule has 3 aromatic heterocycles. The highest BCUT2D eigenvalue weighted by molar-refractivity contribution is 5.77. The van der Waals surface area contributed by atoms with Crippen LogP contribution in [0.5, 0.6) is 0 Å². The summed E-state index contributed by atoms with van der Waals surface area (Å²) >= 11 is 0. The van der Waals surface area contributed by atoms with Gasteiger partial charge in [-0.25, -0.2) is 23.9 Å². The topological polar surface area (TPSA) is 82.7 Å². The molecule has 5 aromatic rings. The summed E-state index contributed by atoms with van der Waals surface area (Å²) in [4.78, 5) is 18.0. The Morgan fingerprint density at radius 1 is 0.811 bits per heavy atom. The summed E-state index contributed by atoms with van der Waals surface area (Å²) in [6.07, 6.45) is 6.90. The van der Waals surface area contributed by atoms with Crippen molar-refractivity contribution < 1.29 is 9.50 Å². The molecule has 0 spiro atoms. The molecule has 9 heteroatoms.